The maximum absolute atomic E-state index is 3.20. The number of hydrogen-bond acceptors (Lipinski definition) is 0. The van der Waals surface area contributed by atoms with Crippen LogP contribution in [0.1, 0.15) is 30.9 Å². The fourth-order valence-electron chi connectivity index (χ4n) is 0.807. The van der Waals surface area contributed by atoms with E-state index in [1.165, 1.54) is 0 Å². The second kappa shape index (κ2) is 13.5. The van der Waals surface area contributed by atoms with Gasteiger partial charge in [-0.05, 0) is 0 Å². The summed E-state index contributed by atoms with van der Waals surface area (Å²) in [6, 6.07) is 11.1. The first-order chi connectivity index (χ1) is 4.70. The molecule has 0 atom stereocenters. The molecule has 0 saturated heterocycles. The van der Waals surface area contributed by atoms with Gasteiger partial charge in [0.2, 0.25) is 0 Å². The third kappa shape index (κ3) is 9.60. The number of benzene rings is 1. The van der Waals surface area contributed by atoms with Crippen LogP contribution in [-0.4, -0.2) is 0 Å². The normalized spacial score (nSPS) is 7.43. The summed E-state index contributed by atoms with van der Waals surface area (Å²) < 4.78 is 0. The molecule has 1 aromatic rings. The van der Waals surface area contributed by atoms with Gasteiger partial charge in [0.1, 0.15) is 0 Å². The van der Waals surface area contributed by atoms with Gasteiger partial charge in [-0.15, -0.1) is 6.92 Å². The van der Waals surface area contributed by atoms with Gasteiger partial charge in [0.15, 0.2) is 0 Å². The summed E-state index contributed by atoms with van der Waals surface area (Å²) in [6.45, 7) is 6.28. The van der Waals surface area contributed by atoms with Crippen LogP contribution in [0.5, 0.6) is 0 Å². The second-order valence-corrected chi connectivity index (χ2v) is 2.75. The van der Waals surface area contributed by atoms with E-state index in [2.05, 4.69) is 32.0 Å². The zero-order valence-electron chi connectivity index (χ0n) is 8.46. The van der Waals surface area contributed by atoms with Crippen LogP contribution < -0.4 is 0 Å². The molecule has 4 heteroatoms. The van der Waals surface area contributed by atoms with Gasteiger partial charge in [0.05, 0.1) is 0 Å². The second-order valence-electron chi connectivity index (χ2n) is 2.75. The van der Waals surface area contributed by atoms with Gasteiger partial charge < -0.3 is 35.4 Å². The molecule has 0 aromatic heterocycles. The first kappa shape index (κ1) is 25.3. The van der Waals surface area contributed by atoms with E-state index < -0.39 is 0 Å². The van der Waals surface area contributed by atoms with E-state index in [-0.39, 0.29) is 95.9 Å². The quantitative estimate of drug-likeness (QED) is 0.386. The fraction of sp³-hybridized carbons (Fsp3) is 0.400. The molecule has 0 spiro atoms. The van der Waals surface area contributed by atoms with Gasteiger partial charge in [-0.1, -0.05) is 19.8 Å². The molecule has 0 saturated carbocycles. The van der Waals surface area contributed by atoms with Crippen molar-refractivity contribution in [3.63, 3.8) is 0 Å². The fourth-order valence-corrected chi connectivity index (χ4v) is 0.807. The van der Waals surface area contributed by atoms with Crippen LogP contribution in [0.4, 0.5) is 0 Å². The molecular weight excluding hydrogens is 761 g/mol. The predicted molar refractivity (Wildman–Crippen MR) is 41.8 cm³/mol. The Hall–Kier alpha value is 2.39. The predicted octanol–water partition coefficient (Wildman–Crippen LogP) is 2.51. The van der Waals surface area contributed by atoms with Crippen molar-refractivity contribution >= 4 is 0 Å². The molecule has 1 aromatic carbocycles. The van der Waals surface area contributed by atoms with E-state index in [1.54, 1.807) is 0 Å². The van der Waals surface area contributed by atoms with Gasteiger partial charge >= 0.3 is 0 Å². The number of aryl methyl sites for hydroxylation is 1. The molecule has 0 amide bonds. The van der Waals surface area contributed by atoms with Gasteiger partial charge in [0, 0.05) is 95.9 Å². The summed E-state index contributed by atoms with van der Waals surface area (Å²) in [4.78, 5) is 0. The minimum Gasteiger partial charge on any atom is -0.542 e. The monoisotopic (exact) mass is 772 g/mol. The molecule has 1 rings (SSSR count). The van der Waals surface area contributed by atoms with Crippen LogP contribution >= 0.6 is 0 Å². The molecule has 0 aliphatic carbocycles. The van der Waals surface area contributed by atoms with Crippen LogP contribution in [-0.2, 0) is 95.9 Å². The van der Waals surface area contributed by atoms with Crippen molar-refractivity contribution < 1.29 is 95.9 Å². The minimum atomic E-state index is 0. The van der Waals surface area contributed by atoms with E-state index >= 15 is 0 Å². The number of rotatable bonds is 1. The molecule has 0 unspecified atom stereocenters. The Kier molecular flexibility index (Phi) is 24.3. The zero-order valence-corrected chi connectivity index (χ0v) is 20.1. The minimum absolute atomic E-state index is 0. The average Bonchev–Trinajstić information content (AvgIpc) is 1.88. The van der Waals surface area contributed by atoms with Crippen molar-refractivity contribution in [1.82, 2.24) is 0 Å². The molecule has 0 aliphatic rings. The third-order valence-corrected chi connectivity index (χ3v) is 1.42. The summed E-state index contributed by atoms with van der Waals surface area (Å²) in [5.74, 6) is 0.522. The molecule has 14 heavy (non-hydrogen) atoms. The molecule has 75 valence electrons. The summed E-state index contributed by atoms with van der Waals surface area (Å²) in [6.07, 6.45) is 0. The van der Waals surface area contributed by atoms with Crippen LogP contribution in [0.2, 0.25) is 0 Å². The Bertz CT molecular complexity index is 226. The molecule has 0 heterocycles. The molecule has 0 aliphatic heterocycles. The van der Waals surface area contributed by atoms with Crippen molar-refractivity contribution in [3.05, 3.63) is 35.4 Å². The van der Waals surface area contributed by atoms with Crippen molar-refractivity contribution in [2.45, 2.75) is 26.7 Å². The Morgan fingerprint density at radius 2 is 1.57 bits per heavy atom. The van der Waals surface area contributed by atoms with E-state index in [4.69, 9.17) is 0 Å². The van der Waals surface area contributed by atoms with Crippen molar-refractivity contribution in [2.24, 2.45) is 0 Å². The molecule has 0 N–H and O–H groups in total. The van der Waals surface area contributed by atoms with Crippen LogP contribution in [0, 0.1) is 25.1 Å². The summed E-state index contributed by atoms with van der Waals surface area (Å²) >= 11 is 0. The Labute approximate surface area is 155 Å². The standard InChI is InChI=1S/C10H11.3W.Y/c1-8(2)10-6-4-5-9(3)7-10;;;;/h4,8H,1-3H3;;;;/q-3;;;;. The number of hydrogen-bond donors (Lipinski definition) is 0. The van der Waals surface area contributed by atoms with Gasteiger partial charge in [0.25, 0.3) is 0 Å². The molecule has 1 radical (unpaired) electrons. The van der Waals surface area contributed by atoms with Gasteiger partial charge in [-0.25, -0.2) is 0 Å². The Balaban J connectivity index is -0.000000125. The van der Waals surface area contributed by atoms with E-state index in [0.29, 0.717) is 5.92 Å². The SMILES string of the molecule is Cc1[c-]c[c-]c(C(C)C)[c-]1.[W].[W].[W].[Y]. The summed E-state index contributed by atoms with van der Waals surface area (Å²) in [7, 11) is 0. The summed E-state index contributed by atoms with van der Waals surface area (Å²) in [5, 5.41) is 0. The Morgan fingerprint density at radius 1 is 1.07 bits per heavy atom. The topological polar surface area (TPSA) is 0 Å². The van der Waals surface area contributed by atoms with Crippen molar-refractivity contribution in [3.8, 4) is 0 Å². The first-order valence-electron chi connectivity index (χ1n) is 3.52. The van der Waals surface area contributed by atoms with Crippen LogP contribution in [0.25, 0.3) is 0 Å². The van der Waals surface area contributed by atoms with Gasteiger partial charge in [-0.3, -0.25) is 0 Å². The third-order valence-electron chi connectivity index (χ3n) is 1.42. The molecule has 0 nitrogen and oxygen atoms in total. The maximum atomic E-state index is 3.20. The van der Waals surface area contributed by atoms with E-state index in [1.807, 2.05) is 13.0 Å². The average molecular weight is 772 g/mol. The smallest absolute Gasteiger partial charge is 0 e. The van der Waals surface area contributed by atoms with E-state index in [9.17, 15) is 0 Å². The molecule has 0 bridgehead atoms. The van der Waals surface area contributed by atoms with E-state index in [0.717, 1.165) is 11.1 Å². The van der Waals surface area contributed by atoms with Crippen molar-refractivity contribution in [1.29, 1.82) is 0 Å². The Morgan fingerprint density at radius 3 is 1.86 bits per heavy atom. The molecule has 0 fully saturated rings. The first-order valence-corrected chi connectivity index (χ1v) is 3.52. The van der Waals surface area contributed by atoms with Crippen molar-refractivity contribution in [2.75, 3.05) is 0 Å². The largest absolute Gasteiger partial charge is 0.542 e. The van der Waals surface area contributed by atoms with Gasteiger partial charge in [-0.2, -0.15) is 0 Å². The molecular formula is C10H11W3Y-3. The zero-order chi connectivity index (χ0) is 7.56. The maximum Gasteiger partial charge on any atom is 0 e. The van der Waals surface area contributed by atoms with Crippen LogP contribution in [0.3, 0.4) is 0 Å². The van der Waals surface area contributed by atoms with Crippen LogP contribution in [0.15, 0.2) is 6.07 Å². The summed E-state index contributed by atoms with van der Waals surface area (Å²) in [5.41, 5.74) is 2.22.